The zero-order valence-electron chi connectivity index (χ0n) is 6.74. The van der Waals surface area contributed by atoms with Crippen molar-refractivity contribution in [1.29, 1.82) is 0 Å². The quantitative estimate of drug-likeness (QED) is 0.449. The van der Waals surface area contributed by atoms with Crippen LogP contribution in [0.1, 0.15) is 39.5 Å². The van der Waals surface area contributed by atoms with E-state index in [0.29, 0.717) is 0 Å². The van der Waals surface area contributed by atoms with Gasteiger partial charge in [-0.15, -0.1) is 23.2 Å². The zero-order valence-corrected chi connectivity index (χ0v) is 8.25. The van der Waals surface area contributed by atoms with Crippen molar-refractivity contribution in [1.82, 2.24) is 0 Å². The summed E-state index contributed by atoms with van der Waals surface area (Å²) in [7, 11) is 0. The standard InChI is InChI=1S/C8H16Cl2/c1-3-4-5-6-8(10)7(2)9/h7-8H,3-6H2,1-2H3. The van der Waals surface area contributed by atoms with Gasteiger partial charge in [0.2, 0.25) is 0 Å². The average Bonchev–Trinajstić information content (AvgIpc) is 1.88. The summed E-state index contributed by atoms with van der Waals surface area (Å²) in [5.74, 6) is 0. The molecular weight excluding hydrogens is 167 g/mol. The van der Waals surface area contributed by atoms with Crippen LogP contribution in [0.25, 0.3) is 0 Å². The van der Waals surface area contributed by atoms with Crippen molar-refractivity contribution in [3.05, 3.63) is 0 Å². The molecule has 0 bridgehead atoms. The molecule has 0 aliphatic rings. The van der Waals surface area contributed by atoms with Crippen LogP contribution in [0.5, 0.6) is 0 Å². The Hall–Kier alpha value is 0.580. The third-order valence-electron chi connectivity index (χ3n) is 1.58. The summed E-state index contributed by atoms with van der Waals surface area (Å²) in [6.07, 6.45) is 4.79. The van der Waals surface area contributed by atoms with Crippen LogP contribution in [0.15, 0.2) is 0 Å². The van der Waals surface area contributed by atoms with Crippen LogP contribution in [0.3, 0.4) is 0 Å². The molecule has 0 aliphatic carbocycles. The predicted molar refractivity (Wildman–Crippen MR) is 49.1 cm³/mol. The monoisotopic (exact) mass is 182 g/mol. The summed E-state index contributed by atoms with van der Waals surface area (Å²) in [6, 6.07) is 0. The van der Waals surface area contributed by atoms with Gasteiger partial charge in [0.25, 0.3) is 0 Å². The number of rotatable bonds is 5. The second-order valence-electron chi connectivity index (χ2n) is 2.69. The Bertz CT molecular complexity index is 71.7. The Balaban J connectivity index is 3.13. The molecule has 62 valence electrons. The number of halogens is 2. The molecule has 0 radical (unpaired) electrons. The van der Waals surface area contributed by atoms with Crippen LogP contribution < -0.4 is 0 Å². The second kappa shape index (κ2) is 6.30. The van der Waals surface area contributed by atoms with Gasteiger partial charge < -0.3 is 0 Å². The molecular formula is C8H16Cl2. The SMILES string of the molecule is CCCCCC(Cl)C(C)Cl. The fraction of sp³-hybridized carbons (Fsp3) is 1.00. The van der Waals surface area contributed by atoms with Gasteiger partial charge in [0, 0.05) is 10.8 Å². The lowest BCUT2D eigenvalue weighted by atomic mass is 10.1. The minimum Gasteiger partial charge on any atom is -0.122 e. The van der Waals surface area contributed by atoms with E-state index in [9.17, 15) is 0 Å². The lowest BCUT2D eigenvalue weighted by molar-refractivity contribution is 0.634. The zero-order chi connectivity index (χ0) is 7.98. The van der Waals surface area contributed by atoms with Crippen LogP contribution >= 0.6 is 23.2 Å². The number of alkyl halides is 2. The maximum Gasteiger partial charge on any atom is 0.0497 e. The van der Waals surface area contributed by atoms with Gasteiger partial charge in [-0.05, 0) is 13.3 Å². The Kier molecular flexibility index (Phi) is 6.67. The Morgan fingerprint density at radius 2 is 1.80 bits per heavy atom. The van der Waals surface area contributed by atoms with Gasteiger partial charge in [-0.25, -0.2) is 0 Å². The molecule has 0 saturated carbocycles. The molecule has 0 rings (SSSR count). The second-order valence-corrected chi connectivity index (χ2v) is 3.94. The molecule has 0 heterocycles. The van der Waals surface area contributed by atoms with Gasteiger partial charge in [0.1, 0.15) is 0 Å². The third kappa shape index (κ3) is 5.37. The Morgan fingerprint density at radius 3 is 2.20 bits per heavy atom. The predicted octanol–water partition coefficient (Wildman–Crippen LogP) is 3.80. The van der Waals surface area contributed by atoms with Crippen molar-refractivity contribution in [3.63, 3.8) is 0 Å². The molecule has 0 amide bonds. The van der Waals surface area contributed by atoms with Gasteiger partial charge in [-0.1, -0.05) is 26.2 Å². The molecule has 0 aromatic heterocycles. The fourth-order valence-electron chi connectivity index (χ4n) is 0.819. The first kappa shape index (κ1) is 10.6. The van der Waals surface area contributed by atoms with Crippen molar-refractivity contribution in [2.24, 2.45) is 0 Å². The minimum atomic E-state index is 0.110. The lowest BCUT2D eigenvalue weighted by Gasteiger charge is -2.09. The normalized spacial score (nSPS) is 16.8. The highest BCUT2D eigenvalue weighted by Gasteiger charge is 2.09. The smallest absolute Gasteiger partial charge is 0.0497 e. The number of hydrogen-bond donors (Lipinski definition) is 0. The number of unbranched alkanes of at least 4 members (excludes halogenated alkanes) is 2. The first-order chi connectivity index (χ1) is 4.68. The summed E-state index contributed by atoms with van der Waals surface area (Å²) in [6.45, 7) is 4.14. The molecule has 0 aromatic carbocycles. The molecule has 0 saturated heterocycles. The van der Waals surface area contributed by atoms with E-state index in [1.165, 1.54) is 19.3 Å². The lowest BCUT2D eigenvalue weighted by Crippen LogP contribution is -2.10. The Morgan fingerprint density at radius 1 is 1.20 bits per heavy atom. The third-order valence-corrected chi connectivity index (χ3v) is 2.61. The average molecular weight is 183 g/mol. The molecule has 0 spiro atoms. The molecule has 2 heteroatoms. The largest absolute Gasteiger partial charge is 0.122 e. The molecule has 0 nitrogen and oxygen atoms in total. The molecule has 2 atom stereocenters. The van der Waals surface area contributed by atoms with Crippen molar-refractivity contribution in [2.75, 3.05) is 0 Å². The Labute approximate surface area is 73.9 Å². The highest BCUT2D eigenvalue weighted by molar-refractivity contribution is 6.29. The first-order valence-corrected chi connectivity index (χ1v) is 4.84. The molecule has 0 aromatic rings. The maximum absolute atomic E-state index is 5.92. The van der Waals surface area contributed by atoms with Gasteiger partial charge in [-0.2, -0.15) is 0 Å². The van der Waals surface area contributed by atoms with E-state index in [-0.39, 0.29) is 10.8 Å². The highest BCUT2D eigenvalue weighted by atomic mass is 35.5. The summed E-state index contributed by atoms with van der Waals surface area (Å²) in [4.78, 5) is 0. The number of hydrogen-bond acceptors (Lipinski definition) is 0. The van der Waals surface area contributed by atoms with Crippen LogP contribution in [0.2, 0.25) is 0 Å². The van der Waals surface area contributed by atoms with Gasteiger partial charge in [-0.3, -0.25) is 0 Å². The summed E-state index contributed by atoms with van der Waals surface area (Å²) >= 11 is 11.7. The maximum atomic E-state index is 5.92. The van der Waals surface area contributed by atoms with Crippen LogP contribution in [0, 0.1) is 0 Å². The van der Waals surface area contributed by atoms with Crippen molar-refractivity contribution < 1.29 is 0 Å². The van der Waals surface area contributed by atoms with Gasteiger partial charge in [0.05, 0.1) is 0 Å². The van der Waals surface area contributed by atoms with Gasteiger partial charge in [0.15, 0.2) is 0 Å². The fourth-order valence-corrected chi connectivity index (χ4v) is 1.10. The first-order valence-electron chi connectivity index (χ1n) is 3.96. The minimum absolute atomic E-state index is 0.110. The summed E-state index contributed by atoms with van der Waals surface area (Å²) < 4.78 is 0. The van der Waals surface area contributed by atoms with Crippen LogP contribution in [-0.2, 0) is 0 Å². The van der Waals surface area contributed by atoms with E-state index in [1.54, 1.807) is 0 Å². The van der Waals surface area contributed by atoms with E-state index >= 15 is 0 Å². The van der Waals surface area contributed by atoms with Crippen LogP contribution in [-0.4, -0.2) is 10.8 Å². The van der Waals surface area contributed by atoms with Crippen LogP contribution in [0.4, 0.5) is 0 Å². The molecule has 0 N–H and O–H groups in total. The van der Waals surface area contributed by atoms with E-state index in [2.05, 4.69) is 6.92 Å². The van der Waals surface area contributed by atoms with E-state index < -0.39 is 0 Å². The summed E-state index contributed by atoms with van der Waals surface area (Å²) in [5.41, 5.74) is 0. The molecule has 0 aliphatic heterocycles. The molecule has 10 heavy (non-hydrogen) atoms. The van der Waals surface area contributed by atoms with E-state index in [0.717, 1.165) is 6.42 Å². The van der Waals surface area contributed by atoms with E-state index in [1.807, 2.05) is 6.92 Å². The van der Waals surface area contributed by atoms with Crippen molar-refractivity contribution in [3.8, 4) is 0 Å². The highest BCUT2D eigenvalue weighted by Crippen LogP contribution is 2.16. The van der Waals surface area contributed by atoms with Crippen molar-refractivity contribution >= 4 is 23.2 Å². The van der Waals surface area contributed by atoms with Crippen molar-refractivity contribution in [2.45, 2.75) is 50.3 Å². The van der Waals surface area contributed by atoms with E-state index in [4.69, 9.17) is 23.2 Å². The topological polar surface area (TPSA) is 0 Å². The summed E-state index contributed by atoms with van der Waals surface area (Å²) in [5, 5.41) is 0.270. The van der Waals surface area contributed by atoms with Gasteiger partial charge >= 0.3 is 0 Å². The molecule has 2 unspecified atom stereocenters. The molecule has 0 fully saturated rings.